The van der Waals surface area contributed by atoms with Gasteiger partial charge in [-0.2, -0.15) is 15.4 Å². The zero-order valence-corrected chi connectivity index (χ0v) is 10.5. The van der Waals surface area contributed by atoms with E-state index in [1.165, 1.54) is 11.1 Å². The number of likely N-dealkylation sites (tertiary alicyclic amines) is 1. The third kappa shape index (κ3) is 2.06. The molecule has 104 valence electrons. The minimum Gasteiger partial charge on any atom is -0.387 e. The van der Waals surface area contributed by atoms with E-state index in [2.05, 4.69) is 15.4 Å². The first-order chi connectivity index (χ1) is 9.68. The lowest BCUT2D eigenvalue weighted by Gasteiger charge is -2.24. The van der Waals surface area contributed by atoms with E-state index < -0.39 is 24.2 Å². The Labute approximate surface area is 114 Å². The van der Waals surface area contributed by atoms with Crippen LogP contribution in [0.25, 0.3) is 0 Å². The number of benzene rings is 1. The van der Waals surface area contributed by atoms with Gasteiger partial charge < -0.3 is 15.1 Å². The van der Waals surface area contributed by atoms with Crippen molar-refractivity contribution in [2.45, 2.75) is 24.8 Å². The molecule has 7 nitrogen and oxygen atoms in total. The predicted octanol–water partition coefficient (Wildman–Crippen LogP) is -0.390. The second-order valence-corrected chi connectivity index (χ2v) is 4.73. The van der Waals surface area contributed by atoms with Crippen LogP contribution in [0.3, 0.4) is 0 Å². The molecule has 1 fully saturated rings. The first kappa shape index (κ1) is 12.8. The van der Waals surface area contributed by atoms with Gasteiger partial charge in [-0.3, -0.25) is 4.79 Å². The van der Waals surface area contributed by atoms with E-state index in [-0.39, 0.29) is 0 Å². The van der Waals surface area contributed by atoms with Gasteiger partial charge in [0.05, 0.1) is 6.20 Å². The molecule has 3 N–H and O–H groups in total. The Bertz CT molecular complexity index is 587. The molecule has 0 saturated carbocycles. The summed E-state index contributed by atoms with van der Waals surface area (Å²) in [4.78, 5) is 13.5. The first-order valence-corrected chi connectivity index (χ1v) is 6.24. The summed E-state index contributed by atoms with van der Waals surface area (Å²) in [5.74, 6) is -0.505. The third-order valence-electron chi connectivity index (χ3n) is 3.45. The Balaban J connectivity index is 1.91. The minimum absolute atomic E-state index is 0.297. The largest absolute Gasteiger partial charge is 0.387 e. The average molecular weight is 274 g/mol. The van der Waals surface area contributed by atoms with Crippen molar-refractivity contribution in [2.75, 3.05) is 0 Å². The van der Waals surface area contributed by atoms with Crippen molar-refractivity contribution in [1.82, 2.24) is 20.3 Å². The van der Waals surface area contributed by atoms with Crippen LogP contribution in [0.2, 0.25) is 0 Å². The number of aliphatic hydroxyl groups excluding tert-OH is 2. The molecular formula is C13H14N4O3. The number of nitrogens with zero attached hydrogens (tertiary/aromatic N) is 3. The number of aromatic amines is 1. The second-order valence-electron chi connectivity index (χ2n) is 4.73. The molecule has 0 unspecified atom stereocenters. The molecular weight excluding hydrogens is 260 g/mol. The molecule has 1 aromatic carbocycles. The van der Waals surface area contributed by atoms with Crippen LogP contribution in [0.4, 0.5) is 0 Å². The van der Waals surface area contributed by atoms with E-state index in [0.717, 1.165) is 5.56 Å². The first-order valence-electron chi connectivity index (χ1n) is 6.24. The summed E-state index contributed by atoms with van der Waals surface area (Å²) in [6.45, 7) is 0.297. The molecule has 1 aliphatic rings. The van der Waals surface area contributed by atoms with Crippen LogP contribution in [-0.4, -0.2) is 48.6 Å². The van der Waals surface area contributed by atoms with E-state index in [4.69, 9.17) is 0 Å². The fraction of sp³-hybridized carbons (Fsp3) is 0.308. The zero-order valence-electron chi connectivity index (χ0n) is 10.5. The zero-order chi connectivity index (χ0) is 14.1. The van der Waals surface area contributed by atoms with Crippen LogP contribution in [0.5, 0.6) is 0 Å². The maximum Gasteiger partial charge on any atom is 0.255 e. The van der Waals surface area contributed by atoms with Gasteiger partial charge in [-0.05, 0) is 5.56 Å². The molecule has 20 heavy (non-hydrogen) atoms. The molecule has 1 aliphatic heterocycles. The van der Waals surface area contributed by atoms with Crippen LogP contribution in [0.1, 0.15) is 17.3 Å². The van der Waals surface area contributed by atoms with Gasteiger partial charge in [-0.15, -0.1) is 0 Å². The number of hydrogen-bond acceptors (Lipinski definition) is 5. The highest BCUT2D eigenvalue weighted by Gasteiger charge is 2.48. The van der Waals surface area contributed by atoms with Crippen molar-refractivity contribution < 1.29 is 15.0 Å². The summed E-state index contributed by atoms with van der Waals surface area (Å²) in [5.41, 5.74) is 1.34. The number of carbonyl (C=O) groups is 1. The average Bonchev–Trinajstić information content (AvgIpc) is 3.05. The smallest absolute Gasteiger partial charge is 0.255 e. The number of amides is 1. The van der Waals surface area contributed by atoms with Crippen molar-refractivity contribution in [3.63, 3.8) is 0 Å². The second kappa shape index (κ2) is 5.03. The Morgan fingerprint density at radius 1 is 1.25 bits per heavy atom. The van der Waals surface area contributed by atoms with E-state index in [1.54, 1.807) is 0 Å². The Morgan fingerprint density at radius 2 is 2.00 bits per heavy atom. The van der Waals surface area contributed by atoms with Gasteiger partial charge in [0.2, 0.25) is 0 Å². The van der Waals surface area contributed by atoms with Crippen LogP contribution in [0.15, 0.2) is 36.5 Å². The fourth-order valence-corrected chi connectivity index (χ4v) is 2.45. The van der Waals surface area contributed by atoms with Crippen LogP contribution in [0, 0.1) is 0 Å². The van der Waals surface area contributed by atoms with Crippen molar-refractivity contribution in [3.05, 3.63) is 47.8 Å². The quantitative estimate of drug-likeness (QED) is 0.707. The van der Waals surface area contributed by atoms with Gasteiger partial charge in [0.1, 0.15) is 17.8 Å². The molecule has 7 heteroatoms. The summed E-state index contributed by atoms with van der Waals surface area (Å²) in [5, 5.41) is 29.9. The topological polar surface area (TPSA) is 102 Å². The monoisotopic (exact) mass is 274 g/mol. The molecule has 0 radical (unpaired) electrons. The van der Waals surface area contributed by atoms with Crippen molar-refractivity contribution in [3.8, 4) is 0 Å². The number of rotatable bonds is 3. The molecule has 3 atom stereocenters. The summed E-state index contributed by atoms with van der Waals surface area (Å²) < 4.78 is 0. The normalized spacial score (nSPS) is 26.2. The predicted molar refractivity (Wildman–Crippen MR) is 68.1 cm³/mol. The van der Waals surface area contributed by atoms with E-state index >= 15 is 0 Å². The molecule has 0 aliphatic carbocycles. The van der Waals surface area contributed by atoms with Gasteiger partial charge in [-0.1, -0.05) is 30.3 Å². The van der Waals surface area contributed by atoms with E-state index in [9.17, 15) is 15.0 Å². The van der Waals surface area contributed by atoms with Crippen molar-refractivity contribution in [1.29, 1.82) is 0 Å². The third-order valence-corrected chi connectivity index (χ3v) is 3.45. The lowest BCUT2D eigenvalue weighted by molar-refractivity contribution is -0.136. The van der Waals surface area contributed by atoms with Crippen LogP contribution < -0.4 is 0 Å². The molecule has 2 aromatic rings. The van der Waals surface area contributed by atoms with E-state index in [0.29, 0.717) is 12.2 Å². The van der Waals surface area contributed by atoms with Crippen LogP contribution >= 0.6 is 0 Å². The lowest BCUT2D eigenvalue weighted by Crippen LogP contribution is -2.30. The number of aromatic nitrogens is 3. The Kier molecular flexibility index (Phi) is 3.21. The summed E-state index contributed by atoms with van der Waals surface area (Å²) >= 11 is 0. The van der Waals surface area contributed by atoms with Gasteiger partial charge >= 0.3 is 0 Å². The molecule has 2 heterocycles. The highest BCUT2D eigenvalue weighted by atomic mass is 16.3. The highest BCUT2D eigenvalue weighted by Crippen LogP contribution is 2.33. The molecule has 0 spiro atoms. The minimum atomic E-state index is -1.43. The molecule has 1 aromatic heterocycles. The number of hydrogen-bond donors (Lipinski definition) is 3. The highest BCUT2D eigenvalue weighted by molar-refractivity contribution is 5.84. The van der Waals surface area contributed by atoms with Gasteiger partial charge in [0.25, 0.3) is 5.91 Å². The number of H-pyrrole nitrogens is 1. The maximum absolute atomic E-state index is 12.1. The maximum atomic E-state index is 12.1. The number of nitrogens with one attached hydrogen (secondary N) is 1. The van der Waals surface area contributed by atoms with Gasteiger partial charge in [0, 0.05) is 6.54 Å². The standard InChI is InChI=1S/C13H14N4O3/c18-11-10(9-6-14-16-15-9)17(13(20)12(11)19)7-8-4-2-1-3-5-8/h1-6,10-12,18-19H,7H2,(H,14,15,16)/t10-,11+,12-/m1/s1. The molecule has 3 rings (SSSR count). The number of carbonyl (C=O) groups excluding carboxylic acids is 1. The molecule has 0 bridgehead atoms. The van der Waals surface area contributed by atoms with Gasteiger partial charge in [0.15, 0.2) is 6.10 Å². The number of aliphatic hydroxyl groups is 2. The van der Waals surface area contributed by atoms with Gasteiger partial charge in [-0.25, -0.2) is 0 Å². The van der Waals surface area contributed by atoms with Crippen LogP contribution in [-0.2, 0) is 11.3 Å². The molecule has 1 amide bonds. The summed E-state index contributed by atoms with van der Waals surface area (Å²) in [7, 11) is 0. The fourth-order valence-electron chi connectivity index (χ4n) is 2.45. The Morgan fingerprint density at radius 3 is 2.65 bits per heavy atom. The van der Waals surface area contributed by atoms with Crippen molar-refractivity contribution >= 4 is 5.91 Å². The molecule has 1 saturated heterocycles. The van der Waals surface area contributed by atoms with Crippen molar-refractivity contribution in [2.24, 2.45) is 0 Å². The Hall–Kier alpha value is -2.25. The SMILES string of the molecule is O=C1[C@H](O)[C@@H](O)[C@@H](c2cn[nH]n2)N1Cc1ccccc1. The van der Waals surface area contributed by atoms with E-state index in [1.807, 2.05) is 30.3 Å². The summed E-state index contributed by atoms with van der Waals surface area (Å²) in [6.07, 6.45) is -1.20. The lowest BCUT2D eigenvalue weighted by atomic mass is 10.1. The summed E-state index contributed by atoms with van der Waals surface area (Å²) in [6, 6.07) is 8.68.